The monoisotopic (exact) mass is 525 g/mol. The number of aliphatic hydroxyl groups is 2. The van der Waals surface area contributed by atoms with Gasteiger partial charge in [-0.15, -0.1) is 0 Å². The Hall–Kier alpha value is -2.91. The van der Waals surface area contributed by atoms with E-state index in [9.17, 15) is 29.7 Å². The average molecular weight is 526 g/mol. The molecule has 6 atom stereocenters. The number of rotatable bonds is 4. The lowest BCUT2D eigenvalue weighted by molar-refractivity contribution is -0.157. The third-order valence-electron chi connectivity index (χ3n) is 9.47. The van der Waals surface area contributed by atoms with Crippen LogP contribution in [-0.2, 0) is 20.8 Å². The summed E-state index contributed by atoms with van der Waals surface area (Å²) in [5.41, 5.74) is 8.40. The maximum Gasteiger partial charge on any atom is 0.230 e. The first-order valence-corrected chi connectivity index (χ1v) is 13.7. The van der Waals surface area contributed by atoms with Crippen LogP contribution in [0, 0.1) is 23.7 Å². The normalized spacial score (nSPS) is 31.6. The van der Waals surface area contributed by atoms with Gasteiger partial charge in [-0.1, -0.05) is 19.3 Å². The lowest BCUT2D eigenvalue weighted by Crippen LogP contribution is -2.64. The number of hydrogen-bond donors (Lipinski definition) is 4. The Labute approximate surface area is 223 Å². The van der Waals surface area contributed by atoms with E-state index < -0.39 is 47.4 Å². The molecule has 3 saturated carbocycles. The highest BCUT2D eigenvalue weighted by Gasteiger charge is 2.59. The van der Waals surface area contributed by atoms with Gasteiger partial charge in [0, 0.05) is 31.4 Å². The van der Waals surface area contributed by atoms with Crippen LogP contribution in [0.1, 0.15) is 61.1 Å². The molecule has 0 heterocycles. The molecule has 0 aliphatic heterocycles. The maximum absolute atomic E-state index is 14.0. The first kappa shape index (κ1) is 26.7. The number of carbonyl (C=O) groups is 3. The fraction of sp³-hybridized carbons (Fsp3) is 0.621. The van der Waals surface area contributed by atoms with Gasteiger partial charge in [0.15, 0.2) is 11.6 Å². The van der Waals surface area contributed by atoms with Gasteiger partial charge in [-0.05, 0) is 74.7 Å². The molecule has 0 saturated heterocycles. The minimum absolute atomic E-state index is 0.0162. The van der Waals surface area contributed by atoms with Crippen molar-refractivity contribution in [1.29, 1.82) is 0 Å². The molecule has 2 unspecified atom stereocenters. The standard InChI is InChI=1S/C29H39N3O6/c1-31(2)18-12-15(13-8-6-5-7-9-13)24(33)20-16(18)10-14-11-17-21(26(35)19(14)25(20)34)27(36)22(29(30)38)28(37)23(17)32(3)4/h12-14,17,21-23,28,33-34,37H,5-11H2,1-4H3,(H2,30,38)/t14-,17+,21+,22?,23-,28?/m1/s1. The van der Waals surface area contributed by atoms with Crippen molar-refractivity contribution in [2.24, 2.45) is 29.4 Å². The maximum atomic E-state index is 14.0. The van der Waals surface area contributed by atoms with E-state index in [2.05, 4.69) is 0 Å². The number of primary amides is 1. The van der Waals surface area contributed by atoms with Crippen LogP contribution in [0.25, 0.3) is 5.76 Å². The van der Waals surface area contributed by atoms with Crippen LogP contribution in [0.4, 0.5) is 5.69 Å². The van der Waals surface area contributed by atoms with Gasteiger partial charge >= 0.3 is 0 Å². The Bertz CT molecular complexity index is 1220. The van der Waals surface area contributed by atoms with Crippen molar-refractivity contribution in [2.75, 3.05) is 33.1 Å². The van der Waals surface area contributed by atoms with Crippen molar-refractivity contribution in [3.8, 4) is 5.75 Å². The number of hydrogen-bond acceptors (Lipinski definition) is 8. The van der Waals surface area contributed by atoms with Crippen LogP contribution in [0.3, 0.4) is 0 Å². The Morgan fingerprint density at radius 1 is 1.03 bits per heavy atom. The predicted molar refractivity (Wildman–Crippen MR) is 143 cm³/mol. The molecule has 1 aromatic rings. The summed E-state index contributed by atoms with van der Waals surface area (Å²) in [4.78, 5) is 43.3. The molecule has 0 spiro atoms. The van der Waals surface area contributed by atoms with Crippen LogP contribution < -0.4 is 10.6 Å². The lowest BCUT2D eigenvalue weighted by Gasteiger charge is -2.50. The summed E-state index contributed by atoms with van der Waals surface area (Å²) >= 11 is 0. The molecule has 0 bridgehead atoms. The molecule has 206 valence electrons. The molecule has 4 aliphatic carbocycles. The van der Waals surface area contributed by atoms with Crippen molar-refractivity contribution in [3.05, 3.63) is 28.3 Å². The van der Waals surface area contributed by atoms with Gasteiger partial charge in [0.25, 0.3) is 0 Å². The number of likely N-dealkylation sites (N-methyl/N-ethyl adjacent to an activating group) is 1. The van der Waals surface area contributed by atoms with Crippen LogP contribution in [0.2, 0.25) is 0 Å². The van der Waals surface area contributed by atoms with E-state index in [1.165, 1.54) is 6.42 Å². The highest BCUT2D eigenvalue weighted by Crippen LogP contribution is 2.53. The number of amides is 1. The second kappa shape index (κ2) is 9.68. The molecule has 3 fully saturated rings. The average Bonchev–Trinajstić information content (AvgIpc) is 2.83. The lowest BCUT2D eigenvalue weighted by atomic mass is 9.56. The number of nitrogens with two attached hydrogens (primary N) is 1. The Kier molecular flexibility index (Phi) is 6.80. The zero-order valence-electron chi connectivity index (χ0n) is 22.6. The number of allylic oxidation sites excluding steroid dienone is 1. The summed E-state index contributed by atoms with van der Waals surface area (Å²) in [6.45, 7) is 0. The van der Waals surface area contributed by atoms with E-state index in [0.29, 0.717) is 12.8 Å². The van der Waals surface area contributed by atoms with E-state index in [4.69, 9.17) is 5.73 Å². The fourth-order valence-corrected chi connectivity index (χ4v) is 7.81. The first-order chi connectivity index (χ1) is 18.0. The van der Waals surface area contributed by atoms with Crippen molar-refractivity contribution < 1.29 is 29.7 Å². The largest absolute Gasteiger partial charge is 0.507 e. The zero-order valence-corrected chi connectivity index (χ0v) is 22.6. The predicted octanol–water partition coefficient (Wildman–Crippen LogP) is 2.13. The third-order valence-corrected chi connectivity index (χ3v) is 9.47. The molecule has 5 N–H and O–H groups in total. The number of phenolic OH excluding ortho intramolecular Hbond substituents is 1. The first-order valence-electron chi connectivity index (χ1n) is 13.7. The summed E-state index contributed by atoms with van der Waals surface area (Å²) in [6, 6.07) is 1.41. The summed E-state index contributed by atoms with van der Waals surface area (Å²) in [6.07, 6.45) is 4.72. The van der Waals surface area contributed by atoms with Gasteiger partial charge in [0.2, 0.25) is 5.91 Å². The molecule has 1 aromatic carbocycles. The molecule has 0 aromatic heterocycles. The number of aromatic hydroxyl groups is 1. The number of carbonyl (C=O) groups excluding carboxylic acids is 3. The number of fused-ring (bicyclic) bond motifs is 3. The number of benzene rings is 1. The molecule has 1 amide bonds. The van der Waals surface area contributed by atoms with Crippen LogP contribution in [-0.4, -0.2) is 78.0 Å². The highest BCUT2D eigenvalue weighted by molar-refractivity contribution is 6.19. The SMILES string of the molecule is CN(C)c1cc(C2CCCCC2)c(O)c2c1C[C@@H]1C[C@H]3[C@@H](C(=O)C1=C2O)C(=O)C(C(N)=O)C(O)[C@@H]3N(C)C. The van der Waals surface area contributed by atoms with Crippen LogP contribution in [0.5, 0.6) is 5.75 Å². The number of aliphatic hydroxyl groups excluding tert-OH is 2. The van der Waals surface area contributed by atoms with Gasteiger partial charge in [-0.3, -0.25) is 14.4 Å². The molecular formula is C29H39N3O6. The number of nitrogens with zero attached hydrogens (tertiary/aromatic N) is 2. The van der Waals surface area contributed by atoms with E-state index in [1.807, 2.05) is 25.1 Å². The highest BCUT2D eigenvalue weighted by atomic mass is 16.3. The minimum atomic E-state index is -1.49. The molecular weight excluding hydrogens is 486 g/mol. The van der Waals surface area contributed by atoms with Crippen molar-refractivity contribution >= 4 is 28.9 Å². The molecule has 38 heavy (non-hydrogen) atoms. The van der Waals surface area contributed by atoms with E-state index in [0.717, 1.165) is 42.5 Å². The van der Waals surface area contributed by atoms with Gasteiger partial charge in [0.05, 0.1) is 17.6 Å². The summed E-state index contributed by atoms with van der Waals surface area (Å²) in [5, 5.41) is 34.1. The summed E-state index contributed by atoms with van der Waals surface area (Å²) in [7, 11) is 7.35. The zero-order chi connectivity index (χ0) is 27.6. The quantitative estimate of drug-likeness (QED) is 0.438. The second-order valence-corrected chi connectivity index (χ2v) is 12.0. The second-order valence-electron chi connectivity index (χ2n) is 12.0. The van der Waals surface area contributed by atoms with E-state index >= 15 is 0 Å². The third kappa shape index (κ3) is 3.93. The topological polar surface area (TPSA) is 144 Å². The Balaban J connectivity index is 1.66. The van der Waals surface area contributed by atoms with Crippen molar-refractivity contribution in [2.45, 2.75) is 63.0 Å². The van der Waals surface area contributed by atoms with Gasteiger partial charge in [0.1, 0.15) is 17.4 Å². The minimum Gasteiger partial charge on any atom is -0.507 e. The van der Waals surface area contributed by atoms with Crippen LogP contribution >= 0.6 is 0 Å². The molecule has 9 heteroatoms. The van der Waals surface area contributed by atoms with E-state index in [1.54, 1.807) is 19.0 Å². The van der Waals surface area contributed by atoms with Crippen LogP contribution in [0.15, 0.2) is 11.6 Å². The molecule has 4 aliphatic rings. The Morgan fingerprint density at radius 2 is 1.68 bits per heavy atom. The van der Waals surface area contributed by atoms with E-state index in [-0.39, 0.29) is 34.5 Å². The molecule has 0 radical (unpaired) electrons. The summed E-state index contributed by atoms with van der Waals surface area (Å²) in [5.74, 6) is -5.84. The molecule has 5 rings (SSSR count). The van der Waals surface area contributed by atoms with Gasteiger partial charge < -0.3 is 30.9 Å². The van der Waals surface area contributed by atoms with Gasteiger partial charge in [-0.25, -0.2) is 0 Å². The molecule has 9 nitrogen and oxygen atoms in total. The van der Waals surface area contributed by atoms with Crippen molar-refractivity contribution in [1.82, 2.24) is 4.90 Å². The number of phenols is 1. The van der Waals surface area contributed by atoms with Gasteiger partial charge in [-0.2, -0.15) is 0 Å². The number of Topliss-reactive ketones (excluding diaryl/α,β-unsaturated/α-hetero) is 2. The Morgan fingerprint density at radius 3 is 2.26 bits per heavy atom. The summed E-state index contributed by atoms with van der Waals surface area (Å²) < 4.78 is 0. The fourth-order valence-electron chi connectivity index (χ4n) is 7.81. The number of anilines is 1. The number of ketones is 2. The van der Waals surface area contributed by atoms with Crippen molar-refractivity contribution in [3.63, 3.8) is 0 Å². The smallest absolute Gasteiger partial charge is 0.230 e.